The molecule has 4 heteroatoms. The lowest BCUT2D eigenvalue weighted by Gasteiger charge is -2.15. The summed E-state index contributed by atoms with van der Waals surface area (Å²) in [5, 5.41) is 9.34. The van der Waals surface area contributed by atoms with Crippen LogP contribution in [0, 0.1) is 0 Å². The summed E-state index contributed by atoms with van der Waals surface area (Å²) in [5.41, 5.74) is -0.772. The molecular formula is C9H19NO2S. The van der Waals surface area contributed by atoms with Crippen LogP contribution in [-0.4, -0.2) is 25.9 Å². The molecule has 1 unspecified atom stereocenters. The van der Waals surface area contributed by atoms with E-state index in [1.807, 2.05) is 20.8 Å². The van der Waals surface area contributed by atoms with Crippen LogP contribution in [0.25, 0.3) is 0 Å². The number of aliphatic hydroxyl groups is 1. The van der Waals surface area contributed by atoms with Crippen molar-refractivity contribution in [2.75, 3.05) is 0 Å². The van der Waals surface area contributed by atoms with Crippen LogP contribution >= 0.6 is 0 Å². The third kappa shape index (κ3) is 6.90. The Labute approximate surface area is 82.9 Å². The molecule has 0 aliphatic rings. The lowest BCUT2D eigenvalue weighted by Crippen LogP contribution is -2.21. The zero-order valence-corrected chi connectivity index (χ0v) is 9.81. The van der Waals surface area contributed by atoms with Crippen LogP contribution < -0.4 is 0 Å². The Kier molecular flexibility index (Phi) is 4.26. The van der Waals surface area contributed by atoms with Gasteiger partial charge < -0.3 is 5.11 Å². The van der Waals surface area contributed by atoms with E-state index in [0.717, 1.165) is 0 Å². The normalized spacial score (nSPS) is 16.5. The van der Waals surface area contributed by atoms with Crippen LogP contribution in [-0.2, 0) is 11.0 Å². The predicted molar refractivity (Wildman–Crippen MR) is 57.3 cm³/mol. The van der Waals surface area contributed by atoms with Gasteiger partial charge in [0.05, 0.1) is 10.3 Å². The van der Waals surface area contributed by atoms with Gasteiger partial charge in [-0.1, -0.05) is 0 Å². The maximum Gasteiger partial charge on any atom is 0.144 e. The van der Waals surface area contributed by atoms with Gasteiger partial charge in [0.25, 0.3) is 0 Å². The highest BCUT2D eigenvalue weighted by molar-refractivity contribution is 7.85. The summed E-state index contributed by atoms with van der Waals surface area (Å²) < 4.78 is 14.9. The predicted octanol–water partition coefficient (Wildman–Crippen LogP) is 1.68. The van der Waals surface area contributed by atoms with Crippen LogP contribution in [0.15, 0.2) is 4.40 Å². The van der Waals surface area contributed by atoms with E-state index >= 15 is 0 Å². The summed E-state index contributed by atoms with van der Waals surface area (Å²) in [4.78, 5) is 0. The fourth-order valence-electron chi connectivity index (χ4n) is 0.486. The molecule has 78 valence electrons. The lowest BCUT2D eigenvalue weighted by molar-refractivity contribution is 0.0898. The summed E-state index contributed by atoms with van der Waals surface area (Å²) in [7, 11) is -1.21. The third-order valence-electron chi connectivity index (χ3n) is 1.28. The van der Waals surface area contributed by atoms with Crippen LogP contribution in [0.4, 0.5) is 0 Å². The van der Waals surface area contributed by atoms with Gasteiger partial charge in [-0.3, -0.25) is 0 Å². The quantitative estimate of drug-likeness (QED) is 0.713. The molecule has 0 aromatic heterocycles. The number of nitrogens with zero attached hydrogens (tertiary/aromatic N) is 1. The van der Waals surface area contributed by atoms with Gasteiger partial charge in [-0.15, -0.1) is 0 Å². The van der Waals surface area contributed by atoms with E-state index in [4.69, 9.17) is 0 Å². The Morgan fingerprint density at radius 1 is 1.31 bits per heavy atom. The summed E-state index contributed by atoms with van der Waals surface area (Å²) in [6.07, 6.45) is 1.95. The Balaban J connectivity index is 4.09. The minimum atomic E-state index is -1.21. The minimum Gasteiger partial charge on any atom is -0.390 e. The monoisotopic (exact) mass is 205 g/mol. The van der Waals surface area contributed by atoms with Crippen LogP contribution in [0.2, 0.25) is 0 Å². The van der Waals surface area contributed by atoms with Crippen molar-refractivity contribution < 1.29 is 9.32 Å². The number of hydrogen-bond donors (Lipinski definition) is 1. The maximum absolute atomic E-state index is 11.4. The van der Waals surface area contributed by atoms with Crippen molar-refractivity contribution in [3.05, 3.63) is 0 Å². The second kappa shape index (κ2) is 4.33. The fourth-order valence-corrected chi connectivity index (χ4v) is 1.01. The average Bonchev–Trinajstić information content (AvgIpc) is 1.82. The molecule has 0 bridgehead atoms. The van der Waals surface area contributed by atoms with Crippen LogP contribution in [0.5, 0.6) is 0 Å². The van der Waals surface area contributed by atoms with Gasteiger partial charge in [-0.25, -0.2) is 4.21 Å². The highest BCUT2D eigenvalue weighted by atomic mass is 32.2. The number of hydrogen-bond acceptors (Lipinski definition) is 2. The standard InChI is InChI=1S/C9H19NO2S/c1-8(2,3)13(12)10-7-6-9(4,5)11/h7,11H,6H2,1-5H3/b10-7+. The first kappa shape index (κ1) is 12.8. The molecular weight excluding hydrogens is 186 g/mol. The Bertz CT molecular complexity index is 211. The van der Waals surface area contributed by atoms with Crippen molar-refractivity contribution in [2.45, 2.75) is 51.4 Å². The second-order valence-electron chi connectivity index (χ2n) is 4.67. The lowest BCUT2D eigenvalue weighted by atomic mass is 10.1. The van der Waals surface area contributed by atoms with E-state index in [0.29, 0.717) is 6.42 Å². The summed E-state index contributed by atoms with van der Waals surface area (Å²) in [6, 6.07) is 0. The first-order chi connectivity index (χ1) is 5.63. The van der Waals surface area contributed by atoms with E-state index in [-0.39, 0.29) is 4.75 Å². The van der Waals surface area contributed by atoms with E-state index in [9.17, 15) is 9.32 Å². The Hall–Kier alpha value is -0.220. The van der Waals surface area contributed by atoms with Gasteiger partial charge in [0.15, 0.2) is 0 Å². The van der Waals surface area contributed by atoms with Crippen molar-refractivity contribution in [3.63, 3.8) is 0 Å². The zero-order chi connectivity index (χ0) is 10.7. The van der Waals surface area contributed by atoms with Crippen LogP contribution in [0.3, 0.4) is 0 Å². The summed E-state index contributed by atoms with van der Waals surface area (Å²) >= 11 is 0. The highest BCUT2D eigenvalue weighted by Crippen LogP contribution is 2.12. The molecule has 1 atom stereocenters. The molecule has 0 fully saturated rings. The maximum atomic E-state index is 11.4. The summed E-state index contributed by atoms with van der Waals surface area (Å²) in [6.45, 7) is 8.98. The van der Waals surface area contributed by atoms with Gasteiger partial charge >= 0.3 is 0 Å². The average molecular weight is 205 g/mol. The molecule has 0 aromatic rings. The van der Waals surface area contributed by atoms with E-state index in [2.05, 4.69) is 4.40 Å². The smallest absolute Gasteiger partial charge is 0.144 e. The molecule has 0 aliphatic carbocycles. The molecule has 0 saturated carbocycles. The molecule has 1 N–H and O–H groups in total. The van der Waals surface area contributed by atoms with Gasteiger partial charge in [0.2, 0.25) is 0 Å². The SMILES string of the molecule is CC(C)(O)C/C=N/S(=O)C(C)(C)C. The first-order valence-electron chi connectivity index (χ1n) is 4.30. The minimum absolute atomic E-state index is 0.323. The number of rotatable bonds is 3. The second-order valence-corrected chi connectivity index (χ2v) is 6.60. The third-order valence-corrected chi connectivity index (χ3v) is 2.67. The molecule has 0 saturated heterocycles. The van der Waals surface area contributed by atoms with Crippen molar-refractivity contribution in [1.29, 1.82) is 0 Å². The fraction of sp³-hybridized carbons (Fsp3) is 0.889. The van der Waals surface area contributed by atoms with E-state index in [1.165, 1.54) is 6.21 Å². The summed E-state index contributed by atoms with van der Waals surface area (Å²) in [5.74, 6) is 0. The highest BCUT2D eigenvalue weighted by Gasteiger charge is 2.18. The molecule has 0 heterocycles. The van der Waals surface area contributed by atoms with E-state index in [1.54, 1.807) is 13.8 Å². The molecule has 0 aromatic carbocycles. The van der Waals surface area contributed by atoms with Gasteiger partial charge in [0, 0.05) is 12.6 Å². The van der Waals surface area contributed by atoms with Crippen molar-refractivity contribution in [1.82, 2.24) is 0 Å². The molecule has 0 radical (unpaired) electrons. The van der Waals surface area contributed by atoms with Crippen molar-refractivity contribution in [2.24, 2.45) is 4.40 Å². The van der Waals surface area contributed by atoms with Crippen LogP contribution in [0.1, 0.15) is 41.0 Å². The first-order valence-corrected chi connectivity index (χ1v) is 5.40. The van der Waals surface area contributed by atoms with Crippen molar-refractivity contribution in [3.8, 4) is 0 Å². The molecule has 0 aliphatic heterocycles. The molecule has 0 rings (SSSR count). The van der Waals surface area contributed by atoms with Gasteiger partial charge in [-0.05, 0) is 34.6 Å². The Morgan fingerprint density at radius 2 is 1.77 bits per heavy atom. The van der Waals surface area contributed by atoms with Gasteiger partial charge in [0.1, 0.15) is 11.0 Å². The Morgan fingerprint density at radius 3 is 2.08 bits per heavy atom. The zero-order valence-electron chi connectivity index (χ0n) is 9.00. The van der Waals surface area contributed by atoms with Gasteiger partial charge in [-0.2, -0.15) is 4.40 Å². The largest absolute Gasteiger partial charge is 0.390 e. The molecule has 3 nitrogen and oxygen atoms in total. The molecule has 0 amide bonds. The molecule has 0 spiro atoms. The molecule has 13 heavy (non-hydrogen) atoms. The topological polar surface area (TPSA) is 49.7 Å². The van der Waals surface area contributed by atoms with E-state index < -0.39 is 16.6 Å². The van der Waals surface area contributed by atoms with Crippen molar-refractivity contribution >= 4 is 17.2 Å².